The van der Waals surface area contributed by atoms with Crippen LogP contribution in [0.15, 0.2) is 34.9 Å². The van der Waals surface area contributed by atoms with E-state index in [2.05, 4.69) is 47.3 Å². The van der Waals surface area contributed by atoms with E-state index < -0.39 is 52.6 Å². The summed E-state index contributed by atoms with van der Waals surface area (Å²) < 4.78 is 12.0. The second kappa shape index (κ2) is 13.6. The van der Waals surface area contributed by atoms with Crippen molar-refractivity contribution >= 4 is 11.9 Å². The highest BCUT2D eigenvalue weighted by Crippen LogP contribution is 2.67. The van der Waals surface area contributed by atoms with Gasteiger partial charge in [-0.3, -0.25) is 19.6 Å². The van der Waals surface area contributed by atoms with Crippen molar-refractivity contribution in [3.63, 3.8) is 0 Å². The van der Waals surface area contributed by atoms with Crippen molar-refractivity contribution in [2.45, 2.75) is 131 Å². The van der Waals surface area contributed by atoms with Crippen LogP contribution in [0.1, 0.15) is 107 Å². The fourth-order valence-corrected chi connectivity index (χ4v) is 9.69. The number of esters is 2. The minimum absolute atomic E-state index is 0.00786. The lowest BCUT2D eigenvalue weighted by Gasteiger charge is -2.62. The number of ether oxygens (including phenoxy) is 2. The van der Waals surface area contributed by atoms with Gasteiger partial charge in [0.1, 0.15) is 18.3 Å². The molecule has 0 aromatic carbocycles. The summed E-state index contributed by atoms with van der Waals surface area (Å²) in [5.41, 5.74) is 4.28. The molecular formula is C36H57NO8. The molecule has 0 aromatic rings. The first-order chi connectivity index (χ1) is 21.0. The average molecular weight is 632 g/mol. The molecule has 45 heavy (non-hydrogen) atoms. The number of carbonyl (C=O) groups is 2. The molecule has 0 aromatic heterocycles. The van der Waals surface area contributed by atoms with Gasteiger partial charge in [-0.15, -0.1) is 0 Å². The van der Waals surface area contributed by atoms with Gasteiger partial charge in [0.15, 0.2) is 0 Å². The maximum Gasteiger partial charge on any atom is 0.306 e. The van der Waals surface area contributed by atoms with Gasteiger partial charge in [0.25, 0.3) is 0 Å². The van der Waals surface area contributed by atoms with Crippen LogP contribution in [-0.4, -0.2) is 58.4 Å². The highest BCUT2D eigenvalue weighted by molar-refractivity contribution is 5.69. The molecule has 4 aliphatic rings. The summed E-state index contributed by atoms with van der Waals surface area (Å²) in [4.78, 5) is 30.2. The third-order valence-electron chi connectivity index (χ3n) is 12.1. The lowest BCUT2D eigenvalue weighted by Crippen LogP contribution is -2.63. The Morgan fingerprint density at radius 3 is 2.42 bits per heavy atom. The highest BCUT2D eigenvalue weighted by atomic mass is 16.8. The third-order valence-corrected chi connectivity index (χ3v) is 12.1. The van der Waals surface area contributed by atoms with Gasteiger partial charge in [-0.05, 0) is 96.2 Å². The summed E-state index contributed by atoms with van der Waals surface area (Å²) in [5, 5.41) is 32.5. The Labute approximate surface area is 269 Å². The van der Waals surface area contributed by atoms with Gasteiger partial charge in [-0.1, -0.05) is 72.3 Å². The zero-order valence-corrected chi connectivity index (χ0v) is 28.7. The van der Waals surface area contributed by atoms with Crippen LogP contribution in [-0.2, 0) is 23.9 Å². The van der Waals surface area contributed by atoms with E-state index in [4.69, 9.17) is 19.5 Å². The molecule has 0 bridgehead atoms. The topological polar surface area (TPSA) is 135 Å². The number of hydrogen-bond donors (Lipinski definition) is 4. The fourth-order valence-electron chi connectivity index (χ4n) is 9.69. The molecular weight excluding hydrogens is 574 g/mol. The van der Waals surface area contributed by atoms with Gasteiger partial charge in [0, 0.05) is 18.8 Å². The molecule has 0 heterocycles. The number of aliphatic hydroxyl groups excluding tert-OH is 2. The van der Waals surface area contributed by atoms with E-state index in [1.807, 2.05) is 13.8 Å². The number of nitrogens with one attached hydrogen (secondary N) is 1. The first kappa shape index (κ1) is 35.8. The monoisotopic (exact) mass is 631 g/mol. The SMILES string of the molecule is C=C(CC[C@@H](C)[C@H]1CC=C2C3=C(C(O)C(OC(C)=O)[C@@]21C)C1(C)CC(OC(=O)CCCONO)C(O)C(C)(C)C1CC3)C(C)C. The third kappa shape index (κ3) is 6.45. The molecule has 4 rings (SSSR count). The van der Waals surface area contributed by atoms with Gasteiger partial charge < -0.3 is 19.7 Å². The molecule has 9 nitrogen and oxygen atoms in total. The summed E-state index contributed by atoms with van der Waals surface area (Å²) >= 11 is 0. The number of fused-ring (bicyclic) bond motifs is 4. The van der Waals surface area contributed by atoms with Crippen molar-refractivity contribution in [3.05, 3.63) is 34.9 Å². The van der Waals surface area contributed by atoms with Crippen LogP contribution in [0.5, 0.6) is 0 Å². The minimum Gasteiger partial charge on any atom is -0.460 e. The Hall–Kier alpha value is -2.04. The van der Waals surface area contributed by atoms with Gasteiger partial charge in [0.05, 0.1) is 12.7 Å². The maximum atomic E-state index is 12.8. The molecule has 9 heteroatoms. The van der Waals surface area contributed by atoms with E-state index in [9.17, 15) is 19.8 Å². The number of rotatable bonds is 12. The van der Waals surface area contributed by atoms with Gasteiger partial charge in [-0.25, -0.2) is 0 Å². The zero-order chi connectivity index (χ0) is 33.5. The smallest absolute Gasteiger partial charge is 0.306 e. The van der Waals surface area contributed by atoms with Gasteiger partial charge >= 0.3 is 11.9 Å². The Kier molecular flexibility index (Phi) is 10.8. The van der Waals surface area contributed by atoms with E-state index in [0.29, 0.717) is 24.7 Å². The first-order valence-electron chi connectivity index (χ1n) is 16.9. The molecule has 0 spiro atoms. The van der Waals surface area contributed by atoms with Crippen LogP contribution in [0.4, 0.5) is 0 Å². The quantitative estimate of drug-likeness (QED) is 0.0888. The Balaban J connectivity index is 1.71. The first-order valence-corrected chi connectivity index (χ1v) is 16.9. The molecule has 1 saturated carbocycles. The number of carbonyl (C=O) groups excluding carboxylic acids is 2. The van der Waals surface area contributed by atoms with Gasteiger partial charge in [-0.2, -0.15) is 0 Å². The molecule has 9 atom stereocenters. The van der Waals surface area contributed by atoms with Crippen molar-refractivity contribution in [1.29, 1.82) is 0 Å². The van der Waals surface area contributed by atoms with E-state index in [1.54, 1.807) is 5.64 Å². The molecule has 0 amide bonds. The summed E-state index contributed by atoms with van der Waals surface area (Å²) in [6, 6.07) is 0. The molecule has 0 saturated heterocycles. The molecule has 4 aliphatic carbocycles. The second-order valence-electron chi connectivity index (χ2n) is 15.5. The maximum absolute atomic E-state index is 12.8. The lowest BCUT2D eigenvalue weighted by atomic mass is 9.45. The largest absolute Gasteiger partial charge is 0.460 e. The Bertz CT molecular complexity index is 1210. The Morgan fingerprint density at radius 1 is 1.11 bits per heavy atom. The van der Waals surface area contributed by atoms with Crippen LogP contribution in [0, 0.1) is 39.9 Å². The normalized spacial score (nSPS) is 36.0. The van der Waals surface area contributed by atoms with E-state index in [0.717, 1.165) is 43.3 Å². The summed E-state index contributed by atoms with van der Waals surface area (Å²) in [7, 11) is 0. The standard InChI is InChI=1S/C36H57NO8/c1-20(2)21(3)12-13-22(4)25-15-16-26-24-14-17-28-34(6,7)32(41)27(45-29(39)11-10-18-43-37-42)19-35(28,8)30(24)31(40)33(36(25,26)9)44-23(5)38/h16,20,22,25,27-28,31-33,37,40-42H,3,10-15,17-19H2,1-2,4-9H3/t22-,25-,27?,28?,31?,32?,33?,35?,36-/m1/s1. The van der Waals surface area contributed by atoms with E-state index in [-0.39, 0.29) is 24.9 Å². The zero-order valence-electron chi connectivity index (χ0n) is 28.7. The van der Waals surface area contributed by atoms with Crippen molar-refractivity contribution in [2.75, 3.05) is 6.61 Å². The summed E-state index contributed by atoms with van der Waals surface area (Å²) in [5.74, 6) is 0.0817. The van der Waals surface area contributed by atoms with Crippen molar-refractivity contribution in [3.8, 4) is 0 Å². The average Bonchev–Trinajstić information content (AvgIpc) is 3.32. The molecule has 1 fully saturated rings. The molecule has 4 N–H and O–H groups in total. The van der Waals surface area contributed by atoms with Crippen molar-refractivity contribution < 1.29 is 39.3 Å². The lowest BCUT2D eigenvalue weighted by molar-refractivity contribution is -0.194. The van der Waals surface area contributed by atoms with Crippen LogP contribution < -0.4 is 5.64 Å². The van der Waals surface area contributed by atoms with Crippen molar-refractivity contribution in [1.82, 2.24) is 5.64 Å². The van der Waals surface area contributed by atoms with Crippen LogP contribution >= 0.6 is 0 Å². The highest BCUT2D eigenvalue weighted by Gasteiger charge is 2.65. The Morgan fingerprint density at radius 2 is 1.80 bits per heavy atom. The van der Waals surface area contributed by atoms with Crippen LogP contribution in [0.3, 0.4) is 0 Å². The van der Waals surface area contributed by atoms with Crippen molar-refractivity contribution in [2.24, 2.45) is 39.9 Å². The number of hydrogen-bond acceptors (Lipinski definition) is 9. The minimum atomic E-state index is -1.03. The molecule has 0 aliphatic heterocycles. The second-order valence-corrected chi connectivity index (χ2v) is 15.5. The molecule has 0 radical (unpaired) electrons. The van der Waals surface area contributed by atoms with E-state index >= 15 is 0 Å². The molecule has 6 unspecified atom stereocenters. The summed E-state index contributed by atoms with van der Waals surface area (Å²) in [6.45, 7) is 20.8. The molecule has 254 valence electrons. The van der Waals surface area contributed by atoms with Crippen LogP contribution in [0.2, 0.25) is 0 Å². The van der Waals surface area contributed by atoms with Gasteiger partial charge in [0.2, 0.25) is 0 Å². The predicted molar refractivity (Wildman–Crippen MR) is 170 cm³/mol. The van der Waals surface area contributed by atoms with Crippen LogP contribution in [0.25, 0.3) is 0 Å². The number of aliphatic hydroxyl groups is 2. The summed E-state index contributed by atoms with van der Waals surface area (Å²) in [6.07, 6.45) is 4.03. The van der Waals surface area contributed by atoms with E-state index in [1.165, 1.54) is 18.1 Å². The fraction of sp³-hybridized carbons (Fsp3) is 0.778. The number of allylic oxidation sites excluding steroid dienone is 3. The predicted octanol–water partition coefficient (Wildman–Crippen LogP) is 5.98.